The molecule has 1 amide bonds. The topological polar surface area (TPSA) is 60.0 Å². The highest BCUT2D eigenvalue weighted by Crippen LogP contribution is 2.20. The molecule has 180 valence electrons. The van der Waals surface area contributed by atoms with Crippen molar-refractivity contribution in [1.82, 2.24) is 15.5 Å². The quantitative estimate of drug-likeness (QED) is 0.284. The average molecular weight is 564 g/mol. The Morgan fingerprint density at radius 3 is 2.33 bits per heavy atom. The molecule has 0 spiro atoms. The van der Waals surface area contributed by atoms with Crippen LogP contribution in [-0.2, 0) is 6.54 Å². The van der Waals surface area contributed by atoms with Gasteiger partial charge in [-0.25, -0.2) is 4.99 Å². The lowest BCUT2D eigenvalue weighted by Crippen LogP contribution is -2.44. The summed E-state index contributed by atoms with van der Waals surface area (Å²) in [4.78, 5) is 21.5. The number of nitrogens with one attached hydrogen (secondary N) is 2. The molecule has 6 nitrogen and oxygen atoms in total. The van der Waals surface area contributed by atoms with E-state index < -0.39 is 0 Å². The van der Waals surface area contributed by atoms with Crippen molar-refractivity contribution in [1.29, 1.82) is 0 Å². The lowest BCUT2D eigenvalue weighted by Gasteiger charge is -2.20. The fourth-order valence-electron chi connectivity index (χ4n) is 4.00. The second-order valence-electron chi connectivity index (χ2n) is 8.28. The van der Waals surface area contributed by atoms with Crippen LogP contribution < -0.4 is 15.5 Å². The molecular weight excluding hydrogens is 525 g/mol. The van der Waals surface area contributed by atoms with Crippen molar-refractivity contribution in [2.45, 2.75) is 46.7 Å². The first kappa shape index (κ1) is 27.0. The van der Waals surface area contributed by atoms with Gasteiger partial charge < -0.3 is 20.4 Å². The third-order valence-electron chi connectivity index (χ3n) is 5.94. The van der Waals surface area contributed by atoms with E-state index in [4.69, 9.17) is 4.99 Å². The van der Waals surface area contributed by atoms with Crippen LogP contribution in [0.3, 0.4) is 0 Å². The van der Waals surface area contributed by atoms with Crippen molar-refractivity contribution in [3.8, 4) is 0 Å². The van der Waals surface area contributed by atoms with Crippen molar-refractivity contribution in [2.24, 2.45) is 4.99 Å². The van der Waals surface area contributed by atoms with Crippen LogP contribution in [0.4, 0.5) is 5.69 Å². The van der Waals surface area contributed by atoms with E-state index in [9.17, 15) is 4.79 Å². The molecule has 1 aliphatic heterocycles. The van der Waals surface area contributed by atoms with Crippen molar-refractivity contribution >= 4 is 41.5 Å². The molecule has 0 aliphatic carbocycles. The van der Waals surface area contributed by atoms with E-state index in [2.05, 4.69) is 53.6 Å². The molecule has 3 rings (SSSR count). The van der Waals surface area contributed by atoms with E-state index in [-0.39, 0.29) is 29.9 Å². The summed E-state index contributed by atoms with van der Waals surface area (Å²) in [5.74, 6) is 0.922. The van der Waals surface area contributed by atoms with Crippen molar-refractivity contribution in [3.05, 3.63) is 65.2 Å². The minimum atomic E-state index is 0. The first-order chi connectivity index (χ1) is 15.5. The second-order valence-corrected chi connectivity index (χ2v) is 8.28. The van der Waals surface area contributed by atoms with Crippen LogP contribution in [0.2, 0.25) is 0 Å². The Morgan fingerprint density at radius 1 is 1.06 bits per heavy atom. The Kier molecular flexibility index (Phi) is 11.0. The number of carbonyl (C=O) groups is 1. The molecule has 1 aliphatic rings. The number of benzene rings is 2. The summed E-state index contributed by atoms with van der Waals surface area (Å²) in [6.45, 7) is 13.1. The molecule has 33 heavy (non-hydrogen) atoms. The number of anilines is 1. The van der Waals surface area contributed by atoms with Gasteiger partial charge >= 0.3 is 0 Å². The summed E-state index contributed by atoms with van der Waals surface area (Å²) < 4.78 is 0. The number of hydrogen-bond donors (Lipinski definition) is 2. The standard InChI is InChI=1S/C26H37N5O.HI/c1-5-27-26(29-23-16-17-31(19-23)24-14-8-20(4)9-15-24)28-18-21-10-12-22(13-11-21)25(32)30(6-2)7-3;/h8-15,23H,5-7,16-19H2,1-4H3,(H2,27,28,29);1H. The Morgan fingerprint density at radius 2 is 1.73 bits per heavy atom. The van der Waals surface area contributed by atoms with Crippen LogP contribution in [0.15, 0.2) is 53.5 Å². The van der Waals surface area contributed by atoms with E-state index in [1.54, 1.807) is 0 Å². The number of hydrogen-bond acceptors (Lipinski definition) is 3. The zero-order valence-electron chi connectivity index (χ0n) is 20.3. The molecular formula is C26H38IN5O. The number of amides is 1. The molecule has 2 aromatic carbocycles. The van der Waals surface area contributed by atoms with Gasteiger partial charge in [0.15, 0.2) is 5.96 Å². The molecule has 1 heterocycles. The van der Waals surface area contributed by atoms with Gasteiger partial charge in [-0.3, -0.25) is 4.79 Å². The highest BCUT2D eigenvalue weighted by molar-refractivity contribution is 14.0. The number of nitrogens with zero attached hydrogens (tertiary/aromatic N) is 3. The SMILES string of the molecule is CCNC(=NCc1ccc(C(=O)N(CC)CC)cc1)NC1CCN(c2ccc(C)cc2)C1.I. The van der Waals surface area contributed by atoms with Gasteiger partial charge in [-0.1, -0.05) is 29.8 Å². The summed E-state index contributed by atoms with van der Waals surface area (Å²) in [5.41, 5.74) is 4.38. The number of halogens is 1. The van der Waals surface area contributed by atoms with Gasteiger partial charge in [-0.05, 0) is 63.9 Å². The van der Waals surface area contributed by atoms with E-state index in [0.717, 1.165) is 56.2 Å². The molecule has 7 heteroatoms. The molecule has 0 aromatic heterocycles. The summed E-state index contributed by atoms with van der Waals surface area (Å²) >= 11 is 0. The highest BCUT2D eigenvalue weighted by atomic mass is 127. The largest absolute Gasteiger partial charge is 0.369 e. The minimum Gasteiger partial charge on any atom is -0.369 e. The fraction of sp³-hybridized carbons (Fsp3) is 0.462. The van der Waals surface area contributed by atoms with Crippen LogP contribution in [0, 0.1) is 6.92 Å². The van der Waals surface area contributed by atoms with Crippen LogP contribution in [0.5, 0.6) is 0 Å². The highest BCUT2D eigenvalue weighted by Gasteiger charge is 2.23. The van der Waals surface area contributed by atoms with E-state index in [1.165, 1.54) is 11.3 Å². The van der Waals surface area contributed by atoms with Gasteiger partial charge in [-0.15, -0.1) is 24.0 Å². The van der Waals surface area contributed by atoms with Crippen molar-refractivity contribution < 1.29 is 4.79 Å². The predicted molar refractivity (Wildman–Crippen MR) is 149 cm³/mol. The second kappa shape index (κ2) is 13.4. The number of guanidine groups is 1. The van der Waals surface area contributed by atoms with Crippen molar-refractivity contribution in [2.75, 3.05) is 37.6 Å². The van der Waals surface area contributed by atoms with Crippen LogP contribution >= 0.6 is 24.0 Å². The number of aryl methyl sites for hydroxylation is 1. The van der Waals surface area contributed by atoms with Gasteiger partial charge in [0.25, 0.3) is 5.91 Å². The Balaban J connectivity index is 0.00000385. The molecule has 1 fully saturated rings. The van der Waals surface area contributed by atoms with Crippen LogP contribution in [0.1, 0.15) is 48.7 Å². The summed E-state index contributed by atoms with van der Waals surface area (Å²) in [6, 6.07) is 16.9. The predicted octanol–water partition coefficient (Wildman–Crippen LogP) is 4.43. The normalized spacial score (nSPS) is 15.7. The van der Waals surface area contributed by atoms with Gasteiger partial charge in [0.1, 0.15) is 0 Å². The smallest absolute Gasteiger partial charge is 0.253 e. The summed E-state index contributed by atoms with van der Waals surface area (Å²) in [6.07, 6.45) is 1.08. The number of rotatable bonds is 8. The van der Waals surface area contributed by atoms with E-state index in [0.29, 0.717) is 12.6 Å². The minimum absolute atomic E-state index is 0. The lowest BCUT2D eigenvalue weighted by molar-refractivity contribution is 0.0773. The number of aliphatic imine (C=N–C) groups is 1. The van der Waals surface area contributed by atoms with E-state index >= 15 is 0 Å². The molecule has 0 radical (unpaired) electrons. The molecule has 1 unspecified atom stereocenters. The molecule has 0 saturated carbocycles. The maximum absolute atomic E-state index is 12.5. The molecule has 1 saturated heterocycles. The molecule has 2 N–H and O–H groups in total. The third-order valence-corrected chi connectivity index (χ3v) is 5.94. The zero-order chi connectivity index (χ0) is 22.9. The fourth-order valence-corrected chi connectivity index (χ4v) is 4.00. The summed E-state index contributed by atoms with van der Waals surface area (Å²) in [5, 5.41) is 6.96. The molecule has 1 atom stereocenters. The van der Waals surface area contributed by atoms with Crippen LogP contribution in [-0.4, -0.2) is 55.5 Å². The Bertz CT molecular complexity index is 894. The van der Waals surface area contributed by atoms with Crippen LogP contribution in [0.25, 0.3) is 0 Å². The third kappa shape index (κ3) is 7.62. The number of carbonyl (C=O) groups excluding carboxylic acids is 1. The van der Waals surface area contributed by atoms with Gasteiger partial charge in [0.2, 0.25) is 0 Å². The van der Waals surface area contributed by atoms with Crippen molar-refractivity contribution in [3.63, 3.8) is 0 Å². The maximum Gasteiger partial charge on any atom is 0.253 e. The van der Waals surface area contributed by atoms with E-state index in [1.807, 2.05) is 43.0 Å². The molecule has 2 aromatic rings. The average Bonchev–Trinajstić information content (AvgIpc) is 3.27. The van der Waals surface area contributed by atoms with Gasteiger partial charge in [-0.2, -0.15) is 0 Å². The van der Waals surface area contributed by atoms with Gasteiger partial charge in [0, 0.05) is 50.0 Å². The summed E-state index contributed by atoms with van der Waals surface area (Å²) in [7, 11) is 0. The Labute approximate surface area is 215 Å². The molecule has 0 bridgehead atoms. The lowest BCUT2D eigenvalue weighted by atomic mass is 10.1. The zero-order valence-corrected chi connectivity index (χ0v) is 22.6. The van der Waals surface area contributed by atoms with Gasteiger partial charge in [0.05, 0.1) is 6.54 Å². The Hall–Kier alpha value is -2.29. The monoisotopic (exact) mass is 563 g/mol. The first-order valence-corrected chi connectivity index (χ1v) is 11.8. The maximum atomic E-state index is 12.5. The first-order valence-electron chi connectivity index (χ1n) is 11.8.